The van der Waals surface area contributed by atoms with Crippen LogP contribution < -0.4 is 9.62 Å². The molecule has 0 fully saturated rings. The highest BCUT2D eigenvalue weighted by molar-refractivity contribution is 7.92. The third-order valence-electron chi connectivity index (χ3n) is 6.75. The fraction of sp³-hybridized carbons (Fsp3) is 0.333. The van der Waals surface area contributed by atoms with Crippen LogP contribution in [0.3, 0.4) is 0 Å². The largest absolute Gasteiger partial charge is 0.352 e. The molecule has 0 unspecified atom stereocenters. The van der Waals surface area contributed by atoms with Crippen LogP contribution in [0.25, 0.3) is 0 Å². The summed E-state index contributed by atoms with van der Waals surface area (Å²) in [5, 5.41) is 4.09. The van der Waals surface area contributed by atoms with Gasteiger partial charge in [0.15, 0.2) is 0 Å². The van der Waals surface area contributed by atoms with Crippen LogP contribution >= 0.6 is 34.8 Å². The summed E-state index contributed by atoms with van der Waals surface area (Å²) >= 11 is 18.5. The minimum atomic E-state index is -4.19. The highest BCUT2D eigenvalue weighted by atomic mass is 35.5. The maximum Gasteiger partial charge on any atom is 0.264 e. The predicted octanol–water partition coefficient (Wildman–Crippen LogP) is 6.87. The van der Waals surface area contributed by atoms with E-state index in [2.05, 4.69) is 5.32 Å². The first-order chi connectivity index (χ1) is 19.4. The molecule has 0 heterocycles. The van der Waals surface area contributed by atoms with Crippen LogP contribution in [0.5, 0.6) is 0 Å². The molecule has 220 valence electrons. The van der Waals surface area contributed by atoms with Crippen molar-refractivity contribution < 1.29 is 18.0 Å². The summed E-state index contributed by atoms with van der Waals surface area (Å²) in [4.78, 5) is 28.8. The van der Waals surface area contributed by atoms with Crippen LogP contribution in [-0.4, -0.2) is 43.8 Å². The van der Waals surface area contributed by atoms with Gasteiger partial charge in [0.25, 0.3) is 10.0 Å². The Labute approximate surface area is 257 Å². The number of aryl methyl sites for hydroxylation is 1. The van der Waals surface area contributed by atoms with Gasteiger partial charge < -0.3 is 10.2 Å². The van der Waals surface area contributed by atoms with Crippen LogP contribution in [0.15, 0.2) is 71.6 Å². The molecule has 0 bridgehead atoms. The van der Waals surface area contributed by atoms with E-state index in [1.54, 1.807) is 49.4 Å². The molecule has 0 radical (unpaired) electrons. The minimum Gasteiger partial charge on any atom is -0.352 e. The van der Waals surface area contributed by atoms with Gasteiger partial charge in [0.2, 0.25) is 11.8 Å². The minimum absolute atomic E-state index is 0.0238. The number of halogens is 3. The number of nitrogens with zero attached hydrogens (tertiary/aromatic N) is 2. The zero-order valence-corrected chi connectivity index (χ0v) is 26.5. The fourth-order valence-corrected chi connectivity index (χ4v) is 6.18. The van der Waals surface area contributed by atoms with Gasteiger partial charge in [0.05, 0.1) is 10.6 Å². The Morgan fingerprint density at radius 1 is 0.878 bits per heavy atom. The molecule has 0 aliphatic heterocycles. The molecule has 11 heteroatoms. The molecule has 0 saturated heterocycles. The first-order valence-corrected chi connectivity index (χ1v) is 15.8. The quantitative estimate of drug-likeness (QED) is 0.235. The summed E-state index contributed by atoms with van der Waals surface area (Å²) < 4.78 is 28.8. The van der Waals surface area contributed by atoms with Gasteiger partial charge in [-0.15, -0.1) is 0 Å². The molecular weight excluding hydrogens is 605 g/mol. The second kappa shape index (κ2) is 14.4. The number of benzene rings is 3. The molecule has 0 saturated carbocycles. The van der Waals surface area contributed by atoms with Crippen molar-refractivity contribution in [3.05, 3.63) is 92.9 Å². The van der Waals surface area contributed by atoms with E-state index in [0.717, 1.165) is 9.87 Å². The van der Waals surface area contributed by atoms with Crippen LogP contribution in [0.1, 0.15) is 44.7 Å². The number of anilines is 1. The summed E-state index contributed by atoms with van der Waals surface area (Å²) in [6, 6.07) is 16.5. The lowest BCUT2D eigenvalue weighted by atomic mass is 10.1. The van der Waals surface area contributed by atoms with Gasteiger partial charge >= 0.3 is 0 Å². The molecule has 1 N–H and O–H groups in total. The molecule has 3 rings (SSSR count). The number of amides is 2. The van der Waals surface area contributed by atoms with Gasteiger partial charge in [0.1, 0.15) is 12.6 Å². The molecule has 7 nitrogen and oxygen atoms in total. The van der Waals surface area contributed by atoms with E-state index >= 15 is 0 Å². The summed E-state index contributed by atoms with van der Waals surface area (Å²) in [7, 11) is -4.19. The Bertz CT molecular complexity index is 1470. The second-order valence-corrected chi connectivity index (χ2v) is 12.9. The molecular formula is C30H34Cl3N3O4S. The molecule has 2 atom stereocenters. The zero-order valence-electron chi connectivity index (χ0n) is 23.4. The lowest BCUT2D eigenvalue weighted by Crippen LogP contribution is -2.53. The standard InChI is InChI=1S/C30H34Cl3N3O4S/c1-5-21(4)34-30(38)28(6-2)35(18-22-9-10-24(32)17-27(22)33)29(37)19-36(25-13-7-20(3)8-14-25)41(39,40)26-15-11-23(31)12-16-26/h7-17,21,28H,5-6,18-19H2,1-4H3,(H,34,38)/t21-,28-/m1/s1. The highest BCUT2D eigenvalue weighted by Crippen LogP contribution is 2.27. The van der Waals surface area contributed by atoms with Crippen molar-refractivity contribution in [1.29, 1.82) is 0 Å². The first-order valence-electron chi connectivity index (χ1n) is 13.3. The molecule has 0 aliphatic carbocycles. The van der Waals surface area contributed by atoms with Crippen molar-refractivity contribution in [3.63, 3.8) is 0 Å². The number of rotatable bonds is 12. The van der Waals surface area contributed by atoms with Gasteiger partial charge in [-0.1, -0.05) is 72.4 Å². The van der Waals surface area contributed by atoms with Crippen molar-refractivity contribution in [1.82, 2.24) is 10.2 Å². The number of nitrogens with one attached hydrogen (secondary N) is 1. The van der Waals surface area contributed by atoms with E-state index in [-0.39, 0.29) is 23.4 Å². The van der Waals surface area contributed by atoms with Crippen LogP contribution in [0, 0.1) is 6.92 Å². The monoisotopic (exact) mass is 637 g/mol. The normalized spacial score (nSPS) is 12.9. The zero-order chi connectivity index (χ0) is 30.3. The topological polar surface area (TPSA) is 86.8 Å². The van der Waals surface area contributed by atoms with Gasteiger partial charge in [-0.05, 0) is 80.8 Å². The van der Waals surface area contributed by atoms with Gasteiger partial charge in [-0.2, -0.15) is 0 Å². The average Bonchev–Trinajstić information content (AvgIpc) is 2.93. The Morgan fingerprint density at radius 2 is 1.49 bits per heavy atom. The second-order valence-electron chi connectivity index (χ2n) is 9.80. The summed E-state index contributed by atoms with van der Waals surface area (Å²) in [5.74, 6) is -0.900. The van der Waals surface area contributed by atoms with E-state index < -0.39 is 28.5 Å². The maximum absolute atomic E-state index is 14.1. The number of carbonyl (C=O) groups is 2. The van der Waals surface area contributed by atoms with Crippen molar-refractivity contribution >= 4 is 62.3 Å². The Kier molecular flexibility index (Phi) is 11.5. The summed E-state index contributed by atoms with van der Waals surface area (Å²) in [5.41, 5.74) is 1.80. The van der Waals surface area contributed by atoms with E-state index in [1.807, 2.05) is 20.8 Å². The number of carbonyl (C=O) groups excluding carboxylic acids is 2. The van der Waals surface area contributed by atoms with E-state index in [4.69, 9.17) is 34.8 Å². The first kappa shape index (κ1) is 32.7. The van der Waals surface area contributed by atoms with Crippen LogP contribution in [0.2, 0.25) is 15.1 Å². The fourth-order valence-electron chi connectivity index (χ4n) is 4.17. The molecule has 3 aromatic rings. The molecule has 0 aliphatic rings. The molecule has 41 heavy (non-hydrogen) atoms. The van der Waals surface area contributed by atoms with Crippen LogP contribution in [0.4, 0.5) is 5.69 Å². The van der Waals surface area contributed by atoms with E-state index in [9.17, 15) is 18.0 Å². The number of hydrogen-bond acceptors (Lipinski definition) is 4. The van der Waals surface area contributed by atoms with Gasteiger partial charge in [-0.3, -0.25) is 13.9 Å². The Hall–Kier alpha value is -2.78. The number of hydrogen-bond donors (Lipinski definition) is 1. The average molecular weight is 639 g/mol. The molecule has 0 spiro atoms. The molecule has 2 amide bonds. The summed E-state index contributed by atoms with van der Waals surface area (Å²) in [6.07, 6.45) is 1.01. The van der Waals surface area contributed by atoms with Crippen molar-refractivity contribution in [2.45, 2.75) is 64.1 Å². The molecule has 3 aromatic carbocycles. The van der Waals surface area contributed by atoms with E-state index in [1.165, 1.54) is 29.2 Å². The Morgan fingerprint density at radius 3 is 2.05 bits per heavy atom. The Balaban J connectivity index is 2.08. The maximum atomic E-state index is 14.1. The highest BCUT2D eigenvalue weighted by Gasteiger charge is 2.34. The van der Waals surface area contributed by atoms with Gasteiger partial charge in [-0.25, -0.2) is 8.42 Å². The molecule has 0 aromatic heterocycles. The lowest BCUT2D eigenvalue weighted by molar-refractivity contribution is -0.140. The van der Waals surface area contributed by atoms with E-state index in [0.29, 0.717) is 39.2 Å². The summed E-state index contributed by atoms with van der Waals surface area (Å²) in [6.45, 7) is 6.93. The van der Waals surface area contributed by atoms with Crippen molar-refractivity contribution in [3.8, 4) is 0 Å². The third-order valence-corrected chi connectivity index (χ3v) is 9.37. The number of sulfonamides is 1. The van der Waals surface area contributed by atoms with Crippen molar-refractivity contribution in [2.75, 3.05) is 10.8 Å². The smallest absolute Gasteiger partial charge is 0.264 e. The van der Waals surface area contributed by atoms with Crippen LogP contribution in [-0.2, 0) is 26.2 Å². The SMILES string of the molecule is CC[C@@H](C)NC(=O)[C@@H](CC)N(Cc1ccc(Cl)cc1Cl)C(=O)CN(c1ccc(C)cc1)S(=O)(=O)c1ccc(Cl)cc1. The van der Waals surface area contributed by atoms with Crippen molar-refractivity contribution in [2.24, 2.45) is 0 Å². The lowest BCUT2D eigenvalue weighted by Gasteiger charge is -2.34. The predicted molar refractivity (Wildman–Crippen MR) is 166 cm³/mol. The third kappa shape index (κ3) is 8.38. The van der Waals surface area contributed by atoms with Gasteiger partial charge in [0, 0.05) is 27.7 Å².